The van der Waals surface area contributed by atoms with Crippen molar-refractivity contribution in [3.8, 4) is 0 Å². The molecule has 2 aliphatic carbocycles. The summed E-state index contributed by atoms with van der Waals surface area (Å²) in [4.78, 5) is 6.39. The van der Waals surface area contributed by atoms with E-state index in [1.165, 1.54) is 11.3 Å². The van der Waals surface area contributed by atoms with Crippen molar-refractivity contribution in [2.24, 2.45) is 11.8 Å². The monoisotopic (exact) mass is 262 g/mol. The van der Waals surface area contributed by atoms with Crippen LogP contribution in [0.5, 0.6) is 0 Å². The van der Waals surface area contributed by atoms with Crippen LogP contribution in [0.1, 0.15) is 40.5 Å². The normalized spacial score (nSPS) is 26.8. The van der Waals surface area contributed by atoms with E-state index in [0.717, 1.165) is 12.8 Å². The van der Waals surface area contributed by atoms with Crippen LogP contribution < -0.4 is 0 Å². The zero-order valence-electron chi connectivity index (χ0n) is 13.2. The number of allylic oxidation sites excluding steroid dienone is 6. The van der Waals surface area contributed by atoms with Crippen LogP contribution in [0, 0.1) is 11.8 Å². The van der Waals surface area contributed by atoms with Gasteiger partial charge >= 0.3 is 0 Å². The molecule has 2 nitrogen and oxygen atoms in total. The summed E-state index contributed by atoms with van der Waals surface area (Å²) in [7, 11) is 4.28. The number of nitrogens with zero attached hydrogens (tertiary/aromatic N) is 1. The van der Waals surface area contributed by atoms with E-state index in [2.05, 4.69) is 66.1 Å². The minimum Gasteiger partial charge on any atom is -0.320 e. The molecule has 0 saturated heterocycles. The van der Waals surface area contributed by atoms with Crippen molar-refractivity contribution in [2.75, 3.05) is 14.1 Å². The van der Waals surface area contributed by atoms with Crippen LogP contribution in [-0.2, 0) is 4.84 Å². The van der Waals surface area contributed by atoms with E-state index in [4.69, 9.17) is 4.84 Å². The summed E-state index contributed by atoms with van der Waals surface area (Å²) < 4.78 is 0.558. The van der Waals surface area contributed by atoms with E-state index in [9.17, 15) is 0 Å². The Balaban J connectivity index is 2.23. The lowest BCUT2D eigenvalue weighted by Crippen LogP contribution is -2.54. The number of fused-ring (bicyclic) bond motifs is 1. The summed E-state index contributed by atoms with van der Waals surface area (Å²) >= 11 is 0. The van der Waals surface area contributed by atoms with E-state index in [1.54, 1.807) is 0 Å². The summed E-state index contributed by atoms with van der Waals surface area (Å²) in [6.45, 7) is 8.92. The maximum Gasteiger partial charge on any atom is 0.171 e. The van der Waals surface area contributed by atoms with Crippen molar-refractivity contribution in [1.82, 2.24) is 0 Å². The molecule has 0 saturated carbocycles. The summed E-state index contributed by atoms with van der Waals surface area (Å²) in [6, 6.07) is 0. The third-order valence-corrected chi connectivity index (χ3v) is 4.79. The molecule has 0 aromatic heterocycles. The van der Waals surface area contributed by atoms with Gasteiger partial charge in [0.1, 0.15) is 19.6 Å². The lowest BCUT2D eigenvalue weighted by molar-refractivity contribution is -1.10. The van der Waals surface area contributed by atoms with E-state index in [0.29, 0.717) is 16.5 Å². The molecule has 2 heteroatoms. The Morgan fingerprint density at radius 2 is 2.00 bits per heavy atom. The zero-order valence-corrected chi connectivity index (χ0v) is 13.2. The Labute approximate surface area is 118 Å². The lowest BCUT2D eigenvalue weighted by atomic mass is 9.84. The van der Waals surface area contributed by atoms with Crippen molar-refractivity contribution >= 4 is 0 Å². The van der Waals surface area contributed by atoms with Gasteiger partial charge in [0, 0.05) is 5.92 Å². The van der Waals surface area contributed by atoms with Crippen LogP contribution >= 0.6 is 0 Å². The molecule has 0 bridgehead atoms. The Morgan fingerprint density at radius 3 is 2.58 bits per heavy atom. The first kappa shape index (κ1) is 14.4. The zero-order chi connectivity index (χ0) is 14.3. The molecule has 0 heterocycles. The van der Waals surface area contributed by atoms with Crippen molar-refractivity contribution in [1.29, 1.82) is 0 Å². The molecule has 0 aromatic carbocycles. The van der Waals surface area contributed by atoms with Crippen molar-refractivity contribution < 1.29 is 9.48 Å². The molecule has 1 unspecified atom stereocenters. The highest BCUT2D eigenvalue weighted by atomic mass is 16.7. The Kier molecular flexibility index (Phi) is 3.65. The quantitative estimate of drug-likeness (QED) is 0.546. The number of quaternary nitrogens is 1. The van der Waals surface area contributed by atoms with Gasteiger partial charge in [-0.25, -0.2) is 0 Å². The summed E-state index contributed by atoms with van der Waals surface area (Å²) in [5.41, 5.74) is 1.51. The van der Waals surface area contributed by atoms with Crippen LogP contribution in [0.25, 0.3) is 0 Å². The number of hydroxylamine groups is 3. The van der Waals surface area contributed by atoms with Crippen LogP contribution in [0.15, 0.2) is 35.6 Å². The number of hydrogen-bond acceptors (Lipinski definition) is 1. The largest absolute Gasteiger partial charge is 0.320 e. The van der Waals surface area contributed by atoms with Gasteiger partial charge in [0.2, 0.25) is 0 Å². The Bertz CT molecular complexity index is 435. The second kappa shape index (κ2) is 4.82. The molecule has 19 heavy (non-hydrogen) atoms. The van der Waals surface area contributed by atoms with Crippen molar-refractivity contribution in [3.63, 3.8) is 0 Å². The summed E-state index contributed by atoms with van der Waals surface area (Å²) in [5.74, 6) is 2.34. The first-order chi connectivity index (χ1) is 8.76. The molecular formula is C17H28NO+. The van der Waals surface area contributed by atoms with Gasteiger partial charge in [-0.1, -0.05) is 25.2 Å². The van der Waals surface area contributed by atoms with Crippen molar-refractivity contribution in [3.05, 3.63) is 35.6 Å². The van der Waals surface area contributed by atoms with E-state index in [-0.39, 0.29) is 5.54 Å². The molecule has 0 aliphatic heterocycles. The smallest absolute Gasteiger partial charge is 0.171 e. The lowest BCUT2D eigenvalue weighted by Gasteiger charge is -2.40. The molecule has 0 N–H and O–H groups in total. The van der Waals surface area contributed by atoms with Gasteiger partial charge in [-0.2, -0.15) is 0 Å². The van der Waals surface area contributed by atoms with E-state index >= 15 is 0 Å². The minimum absolute atomic E-state index is 0.0690. The van der Waals surface area contributed by atoms with Crippen LogP contribution in [0.3, 0.4) is 0 Å². The first-order valence-electron chi connectivity index (χ1n) is 7.38. The number of rotatable bonds is 3. The van der Waals surface area contributed by atoms with Gasteiger partial charge in [0.05, 0.1) is 0 Å². The first-order valence-corrected chi connectivity index (χ1v) is 7.38. The van der Waals surface area contributed by atoms with Gasteiger partial charge in [-0.15, -0.1) is 4.65 Å². The average Bonchev–Trinajstić information content (AvgIpc) is 2.63. The summed E-state index contributed by atoms with van der Waals surface area (Å²) in [5, 5.41) is 0. The topological polar surface area (TPSA) is 9.23 Å². The SMILES string of the molecule is CCC1C(O[N+](C)(C)C(C)(C)C)=CC2=CC=CC[C@@H]21. The molecule has 2 rings (SSSR count). The molecule has 0 spiro atoms. The minimum atomic E-state index is 0.0690. The fraction of sp³-hybridized carbons (Fsp3) is 0.647. The average molecular weight is 262 g/mol. The maximum atomic E-state index is 6.39. The standard InChI is InChI=1S/C17H28NO/c1-7-14-15-11-9-8-10-13(15)12-16(14)19-18(5,6)17(2,3)4/h8-10,12,14-15H,7,11H2,1-6H3/q+1/t14?,15-/m0/s1. The highest BCUT2D eigenvalue weighted by Gasteiger charge is 2.41. The second-order valence-corrected chi connectivity index (χ2v) is 7.11. The van der Waals surface area contributed by atoms with E-state index < -0.39 is 0 Å². The van der Waals surface area contributed by atoms with Crippen LogP contribution in [0.4, 0.5) is 0 Å². The Hall–Kier alpha value is -1.02. The highest BCUT2D eigenvalue weighted by Crippen LogP contribution is 2.43. The molecule has 2 atom stereocenters. The van der Waals surface area contributed by atoms with Crippen molar-refractivity contribution in [2.45, 2.75) is 46.1 Å². The molecule has 0 aromatic rings. The Morgan fingerprint density at radius 1 is 1.32 bits per heavy atom. The van der Waals surface area contributed by atoms with Gasteiger partial charge in [0.25, 0.3) is 0 Å². The molecular weight excluding hydrogens is 234 g/mol. The molecule has 0 fully saturated rings. The predicted molar refractivity (Wildman–Crippen MR) is 80.1 cm³/mol. The van der Waals surface area contributed by atoms with Gasteiger partial charge in [0.15, 0.2) is 5.76 Å². The molecule has 0 amide bonds. The fourth-order valence-corrected chi connectivity index (χ4v) is 2.67. The molecule has 2 aliphatic rings. The number of hydrogen-bond donors (Lipinski definition) is 0. The van der Waals surface area contributed by atoms with Gasteiger partial charge in [-0.05, 0) is 51.2 Å². The third kappa shape index (κ3) is 2.64. The molecule has 106 valence electrons. The van der Waals surface area contributed by atoms with Gasteiger partial charge in [-0.3, -0.25) is 0 Å². The van der Waals surface area contributed by atoms with Crippen LogP contribution in [0.2, 0.25) is 0 Å². The summed E-state index contributed by atoms with van der Waals surface area (Å²) in [6.07, 6.45) is 11.2. The maximum absolute atomic E-state index is 6.39. The highest BCUT2D eigenvalue weighted by molar-refractivity contribution is 5.38. The van der Waals surface area contributed by atoms with Gasteiger partial charge < -0.3 is 4.84 Å². The van der Waals surface area contributed by atoms with Crippen LogP contribution in [-0.4, -0.2) is 24.3 Å². The predicted octanol–water partition coefficient (Wildman–Crippen LogP) is 4.22. The fourth-order valence-electron chi connectivity index (χ4n) is 2.67. The second-order valence-electron chi connectivity index (χ2n) is 7.11. The molecule has 0 radical (unpaired) electrons. The van der Waals surface area contributed by atoms with E-state index in [1.807, 2.05) is 0 Å². The third-order valence-electron chi connectivity index (χ3n) is 4.79.